The van der Waals surface area contributed by atoms with Crippen LogP contribution in [0.4, 0.5) is 0 Å². The lowest BCUT2D eigenvalue weighted by atomic mass is 10.2. The zero-order valence-corrected chi connectivity index (χ0v) is 14.6. The number of rotatable bonds is 4. The Labute approximate surface area is 152 Å². The summed E-state index contributed by atoms with van der Waals surface area (Å²) < 4.78 is 11.1. The lowest BCUT2D eigenvalue weighted by Crippen LogP contribution is -2.32. The number of hydrogen-bond donors (Lipinski definition) is 2. The van der Waals surface area contributed by atoms with Crippen LogP contribution in [0, 0.1) is 0 Å². The maximum atomic E-state index is 12.7. The molecule has 8 nitrogen and oxygen atoms in total. The van der Waals surface area contributed by atoms with Gasteiger partial charge in [0.1, 0.15) is 17.0 Å². The van der Waals surface area contributed by atoms with Gasteiger partial charge in [-0.15, -0.1) is 4.68 Å². The van der Waals surface area contributed by atoms with E-state index in [1.54, 1.807) is 56.7 Å². The highest BCUT2D eigenvalue weighted by Crippen LogP contribution is 2.25. The second-order valence-corrected chi connectivity index (χ2v) is 5.85. The zero-order valence-electron chi connectivity index (χ0n) is 14.6. The molecule has 0 saturated carbocycles. The number of aromatic nitrogens is 3. The van der Waals surface area contributed by atoms with Crippen molar-refractivity contribution in [3.8, 4) is 11.5 Å². The third-order valence-electron chi connectivity index (χ3n) is 4.27. The molecule has 0 amide bonds. The molecular formula is C19H16N4O4. The second-order valence-electron chi connectivity index (χ2n) is 5.85. The molecule has 0 saturated heterocycles. The van der Waals surface area contributed by atoms with Crippen molar-refractivity contribution in [2.75, 3.05) is 14.2 Å². The normalized spacial score (nSPS) is 11.5. The molecule has 0 radical (unpaired) electrons. The Morgan fingerprint density at radius 2 is 1.63 bits per heavy atom. The van der Waals surface area contributed by atoms with Crippen LogP contribution >= 0.6 is 0 Å². The third-order valence-corrected chi connectivity index (χ3v) is 4.27. The number of fused-ring (bicyclic) bond motifs is 3. The van der Waals surface area contributed by atoms with Gasteiger partial charge in [0.25, 0.3) is 0 Å². The number of benzene rings is 2. The quantitative estimate of drug-likeness (QED) is 0.541. The standard InChI is InChI=1S/C19H16N4O4/c1-26-12-5-3-11(4-6-12)10-20-23-18(24)17-16(22-19(23)25)14-9-13(27-2)7-8-15(14)21-17/h3-10,21H,1-2H3,(H,22,25). The van der Waals surface area contributed by atoms with E-state index in [4.69, 9.17) is 9.47 Å². The Kier molecular flexibility index (Phi) is 4.00. The summed E-state index contributed by atoms with van der Waals surface area (Å²) in [5, 5.41) is 4.73. The fourth-order valence-corrected chi connectivity index (χ4v) is 2.87. The van der Waals surface area contributed by atoms with E-state index >= 15 is 0 Å². The highest BCUT2D eigenvalue weighted by Gasteiger charge is 2.13. The Balaban J connectivity index is 1.83. The number of H-pyrrole nitrogens is 2. The first kappa shape index (κ1) is 16.6. The van der Waals surface area contributed by atoms with Gasteiger partial charge in [-0.3, -0.25) is 4.79 Å². The first-order chi connectivity index (χ1) is 13.1. The molecule has 4 aromatic rings. The molecule has 0 fully saturated rings. The lowest BCUT2D eigenvalue weighted by molar-refractivity contribution is 0.415. The van der Waals surface area contributed by atoms with Gasteiger partial charge < -0.3 is 19.4 Å². The molecule has 0 spiro atoms. The summed E-state index contributed by atoms with van der Waals surface area (Å²) in [6, 6.07) is 12.4. The Morgan fingerprint density at radius 1 is 0.926 bits per heavy atom. The summed E-state index contributed by atoms with van der Waals surface area (Å²) in [7, 11) is 3.13. The molecule has 2 N–H and O–H groups in total. The summed E-state index contributed by atoms with van der Waals surface area (Å²) in [5.41, 5.74) is 0.980. The van der Waals surface area contributed by atoms with Gasteiger partial charge in [-0.25, -0.2) is 4.79 Å². The first-order valence-electron chi connectivity index (χ1n) is 8.14. The number of ether oxygens (including phenoxy) is 2. The second kappa shape index (κ2) is 6.49. The van der Waals surface area contributed by atoms with Crippen LogP contribution in [0.15, 0.2) is 57.2 Å². The van der Waals surface area contributed by atoms with Gasteiger partial charge in [0.05, 0.1) is 26.0 Å². The van der Waals surface area contributed by atoms with Crippen molar-refractivity contribution < 1.29 is 9.47 Å². The molecular weight excluding hydrogens is 348 g/mol. The Morgan fingerprint density at radius 3 is 2.33 bits per heavy atom. The van der Waals surface area contributed by atoms with Gasteiger partial charge in [0.2, 0.25) is 0 Å². The number of nitrogens with one attached hydrogen (secondary N) is 2. The number of methoxy groups -OCH3 is 2. The number of nitrogens with zero attached hydrogens (tertiary/aromatic N) is 2. The minimum Gasteiger partial charge on any atom is -0.497 e. The fraction of sp³-hybridized carbons (Fsp3) is 0.105. The van der Waals surface area contributed by atoms with Crippen LogP contribution in [0.5, 0.6) is 11.5 Å². The molecule has 0 aliphatic carbocycles. The summed E-state index contributed by atoms with van der Waals surface area (Å²) in [6.07, 6.45) is 1.44. The molecule has 0 bridgehead atoms. The summed E-state index contributed by atoms with van der Waals surface area (Å²) in [6.45, 7) is 0. The molecule has 0 atom stereocenters. The smallest absolute Gasteiger partial charge is 0.350 e. The van der Waals surface area contributed by atoms with Crippen molar-refractivity contribution in [1.29, 1.82) is 0 Å². The van der Waals surface area contributed by atoms with E-state index in [-0.39, 0.29) is 5.52 Å². The number of aromatic amines is 2. The maximum absolute atomic E-state index is 12.7. The summed E-state index contributed by atoms with van der Waals surface area (Å²) in [4.78, 5) is 30.9. The SMILES string of the molecule is COc1ccc(C=Nn2c(=O)[nH]c3c([nH]c4ccc(OC)cc43)c2=O)cc1. The fourth-order valence-electron chi connectivity index (χ4n) is 2.87. The monoisotopic (exact) mass is 364 g/mol. The maximum Gasteiger partial charge on any atom is 0.350 e. The van der Waals surface area contributed by atoms with Gasteiger partial charge in [0.15, 0.2) is 0 Å². The average molecular weight is 364 g/mol. The van der Waals surface area contributed by atoms with Crippen molar-refractivity contribution in [3.63, 3.8) is 0 Å². The van der Waals surface area contributed by atoms with E-state index in [0.29, 0.717) is 22.4 Å². The zero-order chi connectivity index (χ0) is 19.0. The van der Waals surface area contributed by atoms with Crippen LogP contribution in [0.3, 0.4) is 0 Å². The van der Waals surface area contributed by atoms with E-state index in [9.17, 15) is 9.59 Å². The van der Waals surface area contributed by atoms with Crippen molar-refractivity contribution in [3.05, 3.63) is 68.9 Å². The highest BCUT2D eigenvalue weighted by molar-refractivity contribution is 6.04. The summed E-state index contributed by atoms with van der Waals surface area (Å²) >= 11 is 0. The van der Waals surface area contributed by atoms with Crippen LogP contribution in [0.2, 0.25) is 0 Å². The van der Waals surface area contributed by atoms with Gasteiger partial charge >= 0.3 is 11.2 Å². The largest absolute Gasteiger partial charge is 0.497 e. The highest BCUT2D eigenvalue weighted by atomic mass is 16.5. The van der Waals surface area contributed by atoms with Crippen LogP contribution < -0.4 is 20.7 Å². The molecule has 0 unspecified atom stereocenters. The Bertz CT molecular complexity index is 1280. The molecule has 2 aromatic heterocycles. The molecule has 4 rings (SSSR count). The molecule has 2 heterocycles. The van der Waals surface area contributed by atoms with Crippen LogP contribution in [0.25, 0.3) is 21.9 Å². The van der Waals surface area contributed by atoms with E-state index in [2.05, 4.69) is 15.1 Å². The predicted molar refractivity (Wildman–Crippen MR) is 103 cm³/mol. The third kappa shape index (κ3) is 2.86. The van der Waals surface area contributed by atoms with E-state index < -0.39 is 11.2 Å². The number of hydrogen-bond acceptors (Lipinski definition) is 5. The minimum atomic E-state index is -0.624. The van der Waals surface area contributed by atoms with E-state index in [0.717, 1.165) is 15.8 Å². The molecule has 0 aliphatic heterocycles. The van der Waals surface area contributed by atoms with E-state index in [1.165, 1.54) is 6.21 Å². The lowest BCUT2D eigenvalue weighted by Gasteiger charge is -2.00. The molecule has 8 heteroatoms. The molecule has 136 valence electrons. The van der Waals surface area contributed by atoms with Gasteiger partial charge in [-0.1, -0.05) is 0 Å². The van der Waals surface area contributed by atoms with Crippen LogP contribution in [0.1, 0.15) is 5.56 Å². The van der Waals surface area contributed by atoms with Gasteiger partial charge in [0, 0.05) is 10.9 Å². The molecule has 27 heavy (non-hydrogen) atoms. The van der Waals surface area contributed by atoms with Crippen molar-refractivity contribution in [1.82, 2.24) is 14.6 Å². The van der Waals surface area contributed by atoms with E-state index in [1.807, 2.05) is 0 Å². The average Bonchev–Trinajstić information content (AvgIpc) is 3.06. The van der Waals surface area contributed by atoms with Gasteiger partial charge in [-0.05, 0) is 48.0 Å². The Hall–Kier alpha value is -3.81. The minimum absolute atomic E-state index is 0.268. The van der Waals surface area contributed by atoms with Crippen LogP contribution in [-0.2, 0) is 0 Å². The van der Waals surface area contributed by atoms with Crippen molar-refractivity contribution in [2.45, 2.75) is 0 Å². The molecule has 2 aromatic carbocycles. The first-order valence-corrected chi connectivity index (χ1v) is 8.14. The predicted octanol–water partition coefficient (Wildman–Crippen LogP) is 2.07. The van der Waals surface area contributed by atoms with Crippen molar-refractivity contribution >= 4 is 28.2 Å². The van der Waals surface area contributed by atoms with Gasteiger partial charge in [-0.2, -0.15) is 5.10 Å². The summed E-state index contributed by atoms with van der Waals surface area (Å²) in [5.74, 6) is 1.34. The van der Waals surface area contributed by atoms with Crippen molar-refractivity contribution in [2.24, 2.45) is 5.10 Å². The topological polar surface area (TPSA) is 101 Å². The molecule has 0 aliphatic rings. The van der Waals surface area contributed by atoms with Crippen LogP contribution in [-0.4, -0.2) is 35.1 Å².